The Balaban J connectivity index is 1.75. The van der Waals surface area contributed by atoms with E-state index in [-0.39, 0.29) is 24.2 Å². The highest BCUT2D eigenvalue weighted by atomic mass is 79.9. The standard InChI is InChI=1S/C21H23BrN2O2/c1-4-15-10-17(22)5-6-19(15)23-21(26)16-11-20(25)24(12-16)18-8-13(2)7-14(3)9-18/h5-10,16H,4,11-12H2,1-3H3,(H,23,26)/t16-/m1/s1. The van der Waals surface area contributed by atoms with Gasteiger partial charge in [0, 0.05) is 28.8 Å². The van der Waals surface area contributed by atoms with Crippen molar-refractivity contribution in [2.45, 2.75) is 33.6 Å². The number of nitrogens with one attached hydrogen (secondary N) is 1. The molecule has 1 saturated heterocycles. The fourth-order valence-electron chi connectivity index (χ4n) is 3.45. The van der Waals surface area contributed by atoms with Gasteiger partial charge in [-0.1, -0.05) is 28.9 Å². The smallest absolute Gasteiger partial charge is 0.229 e. The van der Waals surface area contributed by atoms with E-state index in [2.05, 4.69) is 34.2 Å². The second-order valence-electron chi connectivity index (χ2n) is 6.90. The van der Waals surface area contributed by atoms with Crippen LogP contribution in [-0.2, 0) is 16.0 Å². The van der Waals surface area contributed by atoms with E-state index in [0.717, 1.165) is 39.0 Å². The van der Waals surface area contributed by atoms with Crippen molar-refractivity contribution in [3.8, 4) is 0 Å². The van der Waals surface area contributed by atoms with Gasteiger partial charge in [-0.05, 0) is 67.3 Å². The van der Waals surface area contributed by atoms with Gasteiger partial charge in [0.1, 0.15) is 0 Å². The van der Waals surface area contributed by atoms with Crippen molar-refractivity contribution in [3.05, 3.63) is 57.6 Å². The summed E-state index contributed by atoms with van der Waals surface area (Å²) >= 11 is 3.46. The Labute approximate surface area is 162 Å². The minimum atomic E-state index is -0.336. The SMILES string of the molecule is CCc1cc(Br)ccc1NC(=O)[C@@H]1CC(=O)N(c2cc(C)cc(C)c2)C1. The second kappa shape index (κ2) is 7.62. The third-order valence-electron chi connectivity index (χ3n) is 4.72. The van der Waals surface area contributed by atoms with Crippen molar-refractivity contribution in [1.29, 1.82) is 0 Å². The van der Waals surface area contributed by atoms with Crippen molar-refractivity contribution in [2.75, 3.05) is 16.8 Å². The minimum Gasteiger partial charge on any atom is -0.326 e. The normalized spacial score (nSPS) is 16.8. The molecule has 0 radical (unpaired) electrons. The average Bonchev–Trinajstić information content (AvgIpc) is 2.97. The topological polar surface area (TPSA) is 49.4 Å². The molecule has 1 fully saturated rings. The Bertz CT molecular complexity index is 843. The lowest BCUT2D eigenvalue weighted by atomic mass is 10.1. The molecule has 1 N–H and O–H groups in total. The zero-order chi connectivity index (χ0) is 18.8. The maximum atomic E-state index is 12.7. The summed E-state index contributed by atoms with van der Waals surface area (Å²) in [6.45, 7) is 6.51. The van der Waals surface area contributed by atoms with Crippen LogP contribution in [0.5, 0.6) is 0 Å². The zero-order valence-corrected chi connectivity index (χ0v) is 16.9. The molecule has 1 aliphatic rings. The van der Waals surface area contributed by atoms with E-state index >= 15 is 0 Å². The molecule has 0 spiro atoms. The van der Waals surface area contributed by atoms with Crippen LogP contribution >= 0.6 is 15.9 Å². The van der Waals surface area contributed by atoms with Crippen molar-refractivity contribution in [3.63, 3.8) is 0 Å². The highest BCUT2D eigenvalue weighted by molar-refractivity contribution is 9.10. The van der Waals surface area contributed by atoms with Crippen molar-refractivity contribution >= 4 is 39.1 Å². The molecule has 3 rings (SSSR count). The summed E-state index contributed by atoms with van der Waals surface area (Å²) in [5, 5.41) is 3.01. The molecule has 0 aliphatic carbocycles. The van der Waals surface area contributed by atoms with Crippen molar-refractivity contribution < 1.29 is 9.59 Å². The predicted molar refractivity (Wildman–Crippen MR) is 109 cm³/mol. The van der Waals surface area contributed by atoms with Gasteiger partial charge in [0.2, 0.25) is 11.8 Å². The van der Waals surface area contributed by atoms with Crippen LogP contribution in [0.25, 0.3) is 0 Å². The van der Waals surface area contributed by atoms with E-state index in [1.165, 1.54) is 0 Å². The highest BCUT2D eigenvalue weighted by Gasteiger charge is 2.35. The molecule has 1 heterocycles. The summed E-state index contributed by atoms with van der Waals surface area (Å²) in [6, 6.07) is 11.9. The van der Waals surface area contributed by atoms with Crippen LogP contribution in [0.4, 0.5) is 11.4 Å². The molecule has 0 saturated carbocycles. The van der Waals surface area contributed by atoms with Crippen LogP contribution < -0.4 is 10.2 Å². The van der Waals surface area contributed by atoms with Gasteiger partial charge in [-0.15, -0.1) is 0 Å². The molecule has 4 nitrogen and oxygen atoms in total. The van der Waals surface area contributed by atoms with Crippen molar-refractivity contribution in [1.82, 2.24) is 0 Å². The number of hydrogen-bond acceptors (Lipinski definition) is 2. The lowest BCUT2D eigenvalue weighted by molar-refractivity contribution is -0.122. The Hall–Kier alpha value is -2.14. The van der Waals surface area contributed by atoms with Gasteiger partial charge in [-0.3, -0.25) is 9.59 Å². The molecular formula is C21H23BrN2O2. The number of hydrogen-bond donors (Lipinski definition) is 1. The predicted octanol–water partition coefficient (Wildman–Crippen LogP) is 4.62. The van der Waals surface area contributed by atoms with E-state index in [9.17, 15) is 9.59 Å². The Kier molecular flexibility index (Phi) is 5.47. The van der Waals surface area contributed by atoms with E-state index in [1.54, 1.807) is 4.90 Å². The Morgan fingerprint density at radius 3 is 2.54 bits per heavy atom. The van der Waals surface area contributed by atoms with Gasteiger partial charge in [0.05, 0.1) is 5.92 Å². The van der Waals surface area contributed by atoms with Crippen LogP contribution in [0, 0.1) is 19.8 Å². The molecule has 1 aliphatic heterocycles. The lowest BCUT2D eigenvalue weighted by Crippen LogP contribution is -2.28. The van der Waals surface area contributed by atoms with Crippen LogP contribution in [0.15, 0.2) is 40.9 Å². The number of carbonyl (C=O) groups excluding carboxylic acids is 2. The number of halogens is 1. The average molecular weight is 415 g/mol. The van der Waals surface area contributed by atoms with Crippen LogP contribution in [0.2, 0.25) is 0 Å². The Morgan fingerprint density at radius 2 is 1.88 bits per heavy atom. The zero-order valence-electron chi connectivity index (χ0n) is 15.3. The lowest BCUT2D eigenvalue weighted by Gasteiger charge is -2.18. The Morgan fingerprint density at radius 1 is 1.19 bits per heavy atom. The maximum Gasteiger partial charge on any atom is 0.229 e. The summed E-state index contributed by atoms with van der Waals surface area (Å²) in [4.78, 5) is 26.9. The van der Waals surface area contributed by atoms with E-state index in [0.29, 0.717) is 6.54 Å². The maximum absolute atomic E-state index is 12.7. The number of rotatable bonds is 4. The monoisotopic (exact) mass is 414 g/mol. The second-order valence-corrected chi connectivity index (χ2v) is 7.81. The first-order valence-corrected chi connectivity index (χ1v) is 9.64. The summed E-state index contributed by atoms with van der Waals surface area (Å²) in [5.74, 6) is -0.430. The number of carbonyl (C=O) groups is 2. The van der Waals surface area contributed by atoms with Gasteiger partial charge in [0.25, 0.3) is 0 Å². The number of anilines is 2. The van der Waals surface area contributed by atoms with E-state index < -0.39 is 0 Å². The van der Waals surface area contributed by atoms with Gasteiger partial charge in [0.15, 0.2) is 0 Å². The molecular weight excluding hydrogens is 392 g/mol. The number of benzene rings is 2. The third-order valence-corrected chi connectivity index (χ3v) is 5.21. The molecule has 5 heteroatoms. The first kappa shape index (κ1) is 18.6. The number of amides is 2. The molecule has 1 atom stereocenters. The first-order chi connectivity index (χ1) is 12.4. The number of nitrogens with zero attached hydrogens (tertiary/aromatic N) is 1. The molecule has 0 unspecified atom stereocenters. The fourth-order valence-corrected chi connectivity index (χ4v) is 3.86. The third kappa shape index (κ3) is 3.98. The van der Waals surface area contributed by atoms with E-state index in [1.807, 2.05) is 44.2 Å². The van der Waals surface area contributed by atoms with E-state index in [4.69, 9.17) is 0 Å². The van der Waals surface area contributed by atoms with Gasteiger partial charge >= 0.3 is 0 Å². The number of aryl methyl sites for hydroxylation is 3. The fraction of sp³-hybridized carbons (Fsp3) is 0.333. The van der Waals surface area contributed by atoms with Crippen molar-refractivity contribution in [2.24, 2.45) is 5.92 Å². The first-order valence-electron chi connectivity index (χ1n) is 8.85. The van der Waals surface area contributed by atoms with Crippen LogP contribution in [0.1, 0.15) is 30.0 Å². The highest BCUT2D eigenvalue weighted by Crippen LogP contribution is 2.28. The van der Waals surface area contributed by atoms with Gasteiger partial charge in [-0.2, -0.15) is 0 Å². The molecule has 0 aromatic heterocycles. The molecule has 0 bridgehead atoms. The molecule has 26 heavy (non-hydrogen) atoms. The van der Waals surface area contributed by atoms with Crippen LogP contribution in [0.3, 0.4) is 0 Å². The molecule has 2 aromatic rings. The van der Waals surface area contributed by atoms with Gasteiger partial charge < -0.3 is 10.2 Å². The van der Waals surface area contributed by atoms with Gasteiger partial charge in [-0.25, -0.2) is 0 Å². The molecule has 2 amide bonds. The summed E-state index contributed by atoms with van der Waals surface area (Å²) < 4.78 is 0.990. The quantitative estimate of drug-likeness (QED) is 0.792. The van der Waals surface area contributed by atoms with Crippen LogP contribution in [-0.4, -0.2) is 18.4 Å². The molecule has 136 valence electrons. The minimum absolute atomic E-state index is 0.00155. The summed E-state index contributed by atoms with van der Waals surface area (Å²) in [5.41, 5.74) is 4.99. The largest absolute Gasteiger partial charge is 0.326 e. The molecule has 2 aromatic carbocycles. The summed E-state index contributed by atoms with van der Waals surface area (Å²) in [7, 11) is 0. The summed E-state index contributed by atoms with van der Waals surface area (Å²) in [6.07, 6.45) is 1.07.